The molecule has 1 aliphatic heterocycles. The van der Waals surface area contributed by atoms with Gasteiger partial charge >= 0.3 is 0 Å². The molecule has 1 N–H and O–H groups in total. The van der Waals surface area contributed by atoms with Crippen LogP contribution < -0.4 is 5.32 Å². The average Bonchev–Trinajstić information content (AvgIpc) is 2.17. The lowest BCUT2D eigenvalue weighted by atomic mass is 9.89. The highest BCUT2D eigenvalue weighted by atomic mass is 32.2. The van der Waals surface area contributed by atoms with Crippen LogP contribution in [0.1, 0.15) is 26.2 Å². The van der Waals surface area contributed by atoms with E-state index in [4.69, 9.17) is 5.26 Å². The Balaban J connectivity index is 2.74. The zero-order valence-corrected chi connectivity index (χ0v) is 10.0. The normalized spacial score (nSPS) is 29.4. The number of nitriles is 1. The van der Waals surface area contributed by atoms with Crippen molar-refractivity contribution in [2.45, 2.75) is 37.5 Å². The topological polar surface area (TPSA) is 70.0 Å². The van der Waals surface area contributed by atoms with Crippen molar-refractivity contribution in [1.82, 2.24) is 5.32 Å². The first-order valence-corrected chi connectivity index (χ1v) is 7.26. The van der Waals surface area contributed by atoms with Crippen molar-refractivity contribution in [1.29, 1.82) is 5.26 Å². The van der Waals surface area contributed by atoms with Crippen LogP contribution in [0, 0.1) is 17.2 Å². The monoisotopic (exact) mass is 230 g/mol. The van der Waals surface area contributed by atoms with Crippen LogP contribution in [0.2, 0.25) is 0 Å². The van der Waals surface area contributed by atoms with Crippen molar-refractivity contribution in [2.24, 2.45) is 5.92 Å². The van der Waals surface area contributed by atoms with Gasteiger partial charge in [-0.05, 0) is 25.3 Å². The van der Waals surface area contributed by atoms with Gasteiger partial charge in [-0.2, -0.15) is 5.26 Å². The summed E-state index contributed by atoms with van der Waals surface area (Å²) in [5.74, 6) is 0.550. The maximum Gasteiger partial charge on any atom is 0.165 e. The highest BCUT2D eigenvalue weighted by molar-refractivity contribution is 7.91. The van der Waals surface area contributed by atoms with Gasteiger partial charge in [0.2, 0.25) is 0 Å². The van der Waals surface area contributed by atoms with Gasteiger partial charge in [-0.15, -0.1) is 0 Å². The third-order valence-corrected chi connectivity index (χ3v) is 4.43. The second kappa shape index (κ2) is 4.95. The van der Waals surface area contributed by atoms with Crippen LogP contribution >= 0.6 is 0 Å². The minimum Gasteiger partial charge on any atom is -0.312 e. The van der Waals surface area contributed by atoms with Gasteiger partial charge in [-0.25, -0.2) is 8.42 Å². The van der Waals surface area contributed by atoms with Gasteiger partial charge in [0.1, 0.15) is 0 Å². The van der Waals surface area contributed by atoms with Gasteiger partial charge in [-0.1, -0.05) is 13.3 Å². The molecule has 0 aromatic rings. The molecule has 0 amide bonds. The predicted octanol–water partition coefficient (Wildman–Crippen LogP) is 0.701. The highest BCUT2D eigenvalue weighted by Gasteiger charge is 2.33. The average molecular weight is 230 g/mol. The molecule has 3 unspecified atom stereocenters. The van der Waals surface area contributed by atoms with Crippen molar-refractivity contribution in [3.63, 3.8) is 0 Å². The van der Waals surface area contributed by atoms with Crippen molar-refractivity contribution in [3.05, 3.63) is 0 Å². The molecular formula is C10H18N2O2S. The molecule has 0 aliphatic carbocycles. The Morgan fingerprint density at radius 3 is 2.73 bits per heavy atom. The van der Waals surface area contributed by atoms with Crippen LogP contribution in [0.3, 0.4) is 0 Å². The van der Waals surface area contributed by atoms with E-state index in [9.17, 15) is 8.42 Å². The molecule has 0 spiro atoms. The summed E-state index contributed by atoms with van der Waals surface area (Å²) in [6.07, 6.45) is 4.06. The van der Waals surface area contributed by atoms with Crippen LogP contribution in [0.25, 0.3) is 0 Å². The summed E-state index contributed by atoms with van der Waals surface area (Å²) in [5.41, 5.74) is 0. The predicted molar refractivity (Wildman–Crippen MR) is 59.1 cm³/mol. The molecular weight excluding hydrogens is 212 g/mol. The number of nitrogens with one attached hydrogen (secondary N) is 1. The van der Waals surface area contributed by atoms with Gasteiger partial charge < -0.3 is 5.32 Å². The lowest BCUT2D eigenvalue weighted by Crippen LogP contribution is -2.48. The second-order valence-electron chi connectivity index (χ2n) is 4.24. The van der Waals surface area contributed by atoms with Crippen molar-refractivity contribution in [2.75, 3.05) is 12.8 Å². The van der Waals surface area contributed by atoms with Gasteiger partial charge in [-0.3, -0.25) is 0 Å². The Hall–Kier alpha value is -0.600. The minimum absolute atomic E-state index is 0.191. The maximum atomic E-state index is 11.4. The first-order valence-electron chi connectivity index (χ1n) is 5.31. The van der Waals surface area contributed by atoms with Gasteiger partial charge in [0.15, 0.2) is 15.1 Å². The number of hydrogen-bond acceptors (Lipinski definition) is 4. The molecule has 86 valence electrons. The van der Waals surface area contributed by atoms with E-state index in [-0.39, 0.29) is 6.04 Å². The molecule has 5 heteroatoms. The van der Waals surface area contributed by atoms with E-state index in [1.54, 1.807) is 0 Å². The fourth-order valence-electron chi connectivity index (χ4n) is 2.12. The highest BCUT2D eigenvalue weighted by Crippen LogP contribution is 2.23. The molecule has 15 heavy (non-hydrogen) atoms. The third-order valence-electron chi connectivity index (χ3n) is 3.08. The van der Waals surface area contributed by atoms with Gasteiger partial charge in [0.25, 0.3) is 0 Å². The Bertz CT molecular complexity index is 345. The van der Waals surface area contributed by atoms with Crippen LogP contribution in [0.4, 0.5) is 0 Å². The summed E-state index contributed by atoms with van der Waals surface area (Å²) in [5, 5.41) is 11.1. The first-order chi connectivity index (χ1) is 6.99. The minimum atomic E-state index is -3.27. The van der Waals surface area contributed by atoms with Crippen LogP contribution in [-0.2, 0) is 9.84 Å². The zero-order chi connectivity index (χ0) is 11.5. The van der Waals surface area contributed by atoms with E-state index in [1.807, 2.05) is 6.07 Å². The molecule has 0 radical (unpaired) electrons. The number of piperidine rings is 1. The Morgan fingerprint density at radius 2 is 2.27 bits per heavy atom. The molecule has 0 bridgehead atoms. The van der Waals surface area contributed by atoms with Crippen molar-refractivity contribution in [3.8, 4) is 6.07 Å². The Morgan fingerprint density at radius 1 is 1.60 bits per heavy atom. The standard InChI is InChI=1S/C10H18N2O2S/c1-3-8-4-5-12-9(6-8)10(7-11)15(2,13)14/h8-10,12H,3-6H2,1-2H3. The molecule has 4 nitrogen and oxygen atoms in total. The molecule has 0 aromatic heterocycles. The lowest BCUT2D eigenvalue weighted by molar-refractivity contribution is 0.298. The summed E-state index contributed by atoms with van der Waals surface area (Å²) in [4.78, 5) is 0. The van der Waals surface area contributed by atoms with Crippen molar-refractivity contribution >= 4 is 9.84 Å². The van der Waals surface area contributed by atoms with E-state index in [1.165, 1.54) is 0 Å². The third kappa shape index (κ3) is 3.18. The Kier molecular flexibility index (Phi) is 4.12. The molecule has 1 saturated heterocycles. The summed E-state index contributed by atoms with van der Waals surface area (Å²) < 4.78 is 22.8. The van der Waals surface area contributed by atoms with Gasteiger partial charge in [0.05, 0.1) is 6.07 Å². The molecule has 1 aliphatic rings. The fourth-order valence-corrected chi connectivity index (χ4v) is 3.11. The number of hydrogen-bond donors (Lipinski definition) is 1. The molecule has 0 saturated carbocycles. The number of sulfone groups is 1. The second-order valence-corrected chi connectivity index (χ2v) is 6.41. The quantitative estimate of drug-likeness (QED) is 0.775. The van der Waals surface area contributed by atoms with Crippen LogP contribution in [0.15, 0.2) is 0 Å². The fraction of sp³-hybridized carbons (Fsp3) is 0.900. The molecule has 1 rings (SSSR count). The summed E-state index contributed by atoms with van der Waals surface area (Å²) in [7, 11) is -3.27. The van der Waals surface area contributed by atoms with E-state index in [0.717, 1.165) is 32.1 Å². The lowest BCUT2D eigenvalue weighted by Gasteiger charge is -2.31. The summed E-state index contributed by atoms with van der Waals surface area (Å²) in [6.45, 7) is 2.92. The van der Waals surface area contributed by atoms with E-state index in [2.05, 4.69) is 12.2 Å². The Labute approximate surface area is 91.6 Å². The summed E-state index contributed by atoms with van der Waals surface area (Å²) in [6, 6.07) is 1.71. The molecule has 3 atom stereocenters. The maximum absolute atomic E-state index is 11.4. The van der Waals surface area contributed by atoms with Crippen LogP contribution in [-0.4, -0.2) is 32.5 Å². The molecule has 1 fully saturated rings. The van der Waals surface area contributed by atoms with E-state index < -0.39 is 15.1 Å². The zero-order valence-electron chi connectivity index (χ0n) is 9.23. The van der Waals surface area contributed by atoms with E-state index >= 15 is 0 Å². The van der Waals surface area contributed by atoms with Crippen LogP contribution in [0.5, 0.6) is 0 Å². The van der Waals surface area contributed by atoms with E-state index in [0.29, 0.717) is 5.92 Å². The molecule has 1 heterocycles. The SMILES string of the molecule is CCC1CCNC(C(C#N)S(C)(=O)=O)C1. The smallest absolute Gasteiger partial charge is 0.165 e. The first kappa shape index (κ1) is 12.5. The largest absolute Gasteiger partial charge is 0.312 e. The molecule has 0 aromatic carbocycles. The summed E-state index contributed by atoms with van der Waals surface area (Å²) >= 11 is 0. The van der Waals surface area contributed by atoms with Crippen molar-refractivity contribution < 1.29 is 8.42 Å². The number of nitrogens with zero attached hydrogens (tertiary/aromatic N) is 1. The van der Waals surface area contributed by atoms with Gasteiger partial charge in [0, 0.05) is 12.3 Å². The number of rotatable bonds is 3.